The van der Waals surface area contributed by atoms with Crippen molar-refractivity contribution in [3.8, 4) is 39.8 Å². The van der Waals surface area contributed by atoms with Gasteiger partial charge in [0.25, 0.3) is 11.5 Å². The molecule has 3 N–H and O–H groups in total. The summed E-state index contributed by atoms with van der Waals surface area (Å²) in [4.78, 5) is 32.1. The molecule has 5 aromatic rings. The van der Waals surface area contributed by atoms with Gasteiger partial charge < -0.3 is 30.0 Å². The summed E-state index contributed by atoms with van der Waals surface area (Å²) in [6.07, 6.45) is 1.69. The van der Waals surface area contributed by atoms with Crippen LogP contribution < -0.4 is 35.6 Å². The van der Waals surface area contributed by atoms with Crippen molar-refractivity contribution in [3.63, 3.8) is 0 Å². The number of hydrogen-bond acceptors (Lipinski definition) is 8. The average molecular weight is 640 g/mol. The fourth-order valence-corrected chi connectivity index (χ4v) is 4.83. The number of hydrogen-bond donors (Lipinski definition) is 2. The van der Waals surface area contributed by atoms with E-state index in [4.69, 9.17) is 24.7 Å². The monoisotopic (exact) mass is 638 g/mol. The van der Waals surface area contributed by atoms with Gasteiger partial charge in [-0.25, -0.2) is 0 Å². The lowest BCUT2D eigenvalue weighted by Gasteiger charge is -2.21. The lowest BCUT2D eigenvalue weighted by atomic mass is 9.95. The summed E-state index contributed by atoms with van der Waals surface area (Å²) in [5.74, 6) is 1.18. The molecule has 0 radical (unpaired) electrons. The molecule has 12 heteroatoms. The van der Waals surface area contributed by atoms with Crippen LogP contribution in [-0.4, -0.2) is 43.8 Å². The molecule has 0 fully saturated rings. The van der Waals surface area contributed by atoms with E-state index in [0.717, 1.165) is 5.69 Å². The number of aromatic nitrogens is 2. The lowest BCUT2D eigenvalue weighted by molar-refractivity contribution is 0.0956. The number of benzene rings is 3. The molecule has 0 saturated carbocycles. The van der Waals surface area contributed by atoms with E-state index >= 15 is 0 Å². The van der Waals surface area contributed by atoms with E-state index in [-0.39, 0.29) is 37.1 Å². The summed E-state index contributed by atoms with van der Waals surface area (Å²) in [6, 6.07) is 21.0. The van der Waals surface area contributed by atoms with Gasteiger partial charge in [-0.05, 0) is 77.7 Å². The Kier molecular flexibility index (Phi) is 11.1. The summed E-state index contributed by atoms with van der Waals surface area (Å²) in [7, 11) is 6.05. The van der Waals surface area contributed by atoms with Gasteiger partial charge in [0.1, 0.15) is 18.1 Å². The maximum atomic E-state index is 14.2. The quantitative estimate of drug-likeness (QED) is 0.204. The zero-order valence-corrected chi connectivity index (χ0v) is 26.1. The van der Waals surface area contributed by atoms with Crippen LogP contribution in [0, 0.1) is 0 Å². The maximum Gasteiger partial charge on any atom is 0.268 e. The molecular weight excluding hydrogens is 607 g/mol. The third-order valence-corrected chi connectivity index (χ3v) is 6.81. The number of anilines is 1. The Morgan fingerprint density at radius 1 is 0.886 bits per heavy atom. The highest BCUT2D eigenvalue weighted by molar-refractivity contribution is 6.09. The van der Waals surface area contributed by atoms with Crippen LogP contribution in [0.1, 0.15) is 16.2 Å². The topological polar surface area (TPSA) is 127 Å². The van der Waals surface area contributed by atoms with Crippen LogP contribution in [-0.2, 0) is 6.61 Å². The Morgan fingerprint density at radius 3 is 2.14 bits per heavy atom. The van der Waals surface area contributed by atoms with Crippen molar-refractivity contribution < 1.29 is 23.7 Å². The Bertz CT molecular complexity index is 1800. The molecule has 10 nitrogen and oxygen atoms in total. The Labute approximate surface area is 266 Å². The number of methoxy groups -OCH3 is 3. The molecular formula is C32H32Cl2N4O6. The number of rotatable bonds is 9. The van der Waals surface area contributed by atoms with Crippen LogP contribution in [0.4, 0.5) is 5.69 Å². The standard InChI is InChI=1S/C32H30N4O6.2ClH/c1-34-31(37)29-28(19-15-26(39-2)30(41-4)27(16-19)40-3)24-13-12-23(42-18-21-7-5-6-14-35-21)17-25(24)32(38)36(29)22-10-8-20(33)9-11-22;;/h5-17H,18,33H2,1-4H3,(H,34,37);2*1H. The molecule has 3 aromatic carbocycles. The molecule has 0 aliphatic rings. The van der Waals surface area contributed by atoms with Crippen molar-refractivity contribution >= 4 is 47.2 Å². The molecule has 0 spiro atoms. The number of nitrogens with zero attached hydrogens (tertiary/aromatic N) is 2. The van der Waals surface area contributed by atoms with Crippen molar-refractivity contribution in [2.45, 2.75) is 6.61 Å². The number of pyridine rings is 2. The van der Waals surface area contributed by atoms with Gasteiger partial charge in [-0.15, -0.1) is 24.8 Å². The molecule has 0 saturated heterocycles. The Balaban J connectivity index is 0.00000264. The van der Waals surface area contributed by atoms with Gasteiger partial charge in [0.05, 0.1) is 32.4 Å². The second kappa shape index (κ2) is 14.5. The highest BCUT2D eigenvalue weighted by atomic mass is 35.5. The first-order valence-corrected chi connectivity index (χ1v) is 13.0. The molecule has 44 heavy (non-hydrogen) atoms. The van der Waals surface area contributed by atoms with E-state index in [1.807, 2.05) is 18.2 Å². The van der Waals surface area contributed by atoms with Gasteiger partial charge in [0.15, 0.2) is 11.5 Å². The van der Waals surface area contributed by atoms with Crippen molar-refractivity contribution in [2.24, 2.45) is 0 Å². The molecule has 0 bridgehead atoms. The van der Waals surface area contributed by atoms with Gasteiger partial charge in [-0.3, -0.25) is 19.1 Å². The fourth-order valence-electron chi connectivity index (χ4n) is 4.83. The third kappa shape index (κ3) is 6.36. The van der Waals surface area contributed by atoms with Crippen LogP contribution in [0.15, 0.2) is 83.8 Å². The second-order valence-electron chi connectivity index (χ2n) is 9.27. The number of amides is 1. The van der Waals surface area contributed by atoms with Gasteiger partial charge in [0, 0.05) is 30.2 Å². The van der Waals surface area contributed by atoms with E-state index in [1.165, 1.54) is 32.9 Å². The molecule has 0 unspecified atom stereocenters. The van der Waals surface area contributed by atoms with E-state index in [2.05, 4.69) is 10.3 Å². The molecule has 230 valence electrons. The van der Waals surface area contributed by atoms with Gasteiger partial charge in [-0.1, -0.05) is 6.07 Å². The third-order valence-electron chi connectivity index (χ3n) is 6.81. The van der Waals surface area contributed by atoms with Crippen molar-refractivity contribution in [2.75, 3.05) is 34.1 Å². The number of nitrogens with one attached hydrogen (secondary N) is 1. The molecule has 0 atom stereocenters. The zero-order valence-electron chi connectivity index (χ0n) is 24.5. The van der Waals surface area contributed by atoms with Crippen LogP contribution in [0.2, 0.25) is 0 Å². The number of halogens is 2. The SMILES string of the molecule is CNC(=O)c1c(-c2cc(OC)c(OC)c(OC)c2)c2ccc(OCc3ccccn3)cc2c(=O)n1-c1ccc(N)cc1.Cl.Cl. The van der Waals surface area contributed by atoms with Crippen molar-refractivity contribution in [3.05, 3.63) is 101 Å². The van der Waals surface area contributed by atoms with Gasteiger partial charge in [0.2, 0.25) is 5.75 Å². The minimum absolute atomic E-state index is 0. The minimum Gasteiger partial charge on any atom is -0.493 e. The predicted molar refractivity (Wildman–Crippen MR) is 176 cm³/mol. The van der Waals surface area contributed by atoms with Crippen LogP contribution in [0.25, 0.3) is 27.6 Å². The number of carbonyl (C=O) groups is 1. The van der Waals surface area contributed by atoms with Crippen molar-refractivity contribution in [1.82, 2.24) is 14.9 Å². The van der Waals surface area contributed by atoms with E-state index in [9.17, 15) is 9.59 Å². The Morgan fingerprint density at radius 2 is 1.57 bits per heavy atom. The molecule has 1 amide bonds. The molecule has 2 aromatic heterocycles. The summed E-state index contributed by atoms with van der Waals surface area (Å²) in [6.45, 7) is 0.217. The largest absolute Gasteiger partial charge is 0.493 e. The minimum atomic E-state index is -0.468. The van der Waals surface area contributed by atoms with Gasteiger partial charge in [-0.2, -0.15) is 0 Å². The predicted octanol–water partition coefficient (Wildman–Crippen LogP) is 5.44. The van der Waals surface area contributed by atoms with E-state index in [1.54, 1.807) is 60.8 Å². The zero-order chi connectivity index (χ0) is 29.8. The maximum absolute atomic E-state index is 14.2. The number of nitrogens with two attached hydrogens (primary N) is 1. The summed E-state index contributed by atoms with van der Waals surface area (Å²) >= 11 is 0. The number of carbonyl (C=O) groups excluding carboxylic acids is 1. The van der Waals surface area contributed by atoms with Gasteiger partial charge >= 0.3 is 0 Å². The van der Waals surface area contributed by atoms with E-state index < -0.39 is 11.5 Å². The first kappa shape index (κ1) is 33.6. The van der Waals surface area contributed by atoms with Crippen molar-refractivity contribution in [1.29, 1.82) is 0 Å². The van der Waals surface area contributed by atoms with Crippen LogP contribution in [0.5, 0.6) is 23.0 Å². The number of nitrogen functional groups attached to an aromatic ring is 1. The molecule has 5 rings (SSSR count). The smallest absolute Gasteiger partial charge is 0.268 e. The van der Waals surface area contributed by atoms with Crippen LogP contribution >= 0.6 is 24.8 Å². The summed E-state index contributed by atoms with van der Waals surface area (Å²) < 4.78 is 24.1. The number of ether oxygens (including phenoxy) is 4. The highest BCUT2D eigenvalue weighted by Crippen LogP contribution is 2.44. The first-order chi connectivity index (χ1) is 20.4. The number of fused-ring (bicyclic) bond motifs is 1. The molecule has 0 aliphatic heterocycles. The van der Waals surface area contributed by atoms with Crippen LogP contribution in [0.3, 0.4) is 0 Å². The van der Waals surface area contributed by atoms with E-state index in [0.29, 0.717) is 56.3 Å². The average Bonchev–Trinajstić information content (AvgIpc) is 3.03. The first-order valence-electron chi connectivity index (χ1n) is 13.0. The second-order valence-corrected chi connectivity index (χ2v) is 9.27. The lowest BCUT2D eigenvalue weighted by Crippen LogP contribution is -2.31. The Hall–Kier alpha value is -4.93. The molecule has 0 aliphatic carbocycles. The summed E-state index contributed by atoms with van der Waals surface area (Å²) in [5, 5.41) is 3.56. The normalized spacial score (nSPS) is 10.3. The fraction of sp³-hybridized carbons (Fsp3) is 0.156. The summed E-state index contributed by atoms with van der Waals surface area (Å²) in [5.41, 5.74) is 8.43. The highest BCUT2D eigenvalue weighted by Gasteiger charge is 2.26. The molecule has 2 heterocycles.